The number of nitrogens with zero attached hydrogens (tertiary/aromatic N) is 2. The van der Waals surface area contributed by atoms with Gasteiger partial charge >= 0.3 is 0 Å². The molecule has 5 heteroatoms. The number of carbonyl (C=O) groups excluding carboxylic acids is 1. The monoisotopic (exact) mass is 766 g/mol. The second-order valence-corrected chi connectivity index (χ2v) is 13.5. The number of benzene rings is 3. The molecule has 0 saturated carbocycles. The molecular formula is C39H45IrN2O2-. The molecule has 6 aromatic rings. The second-order valence-electron chi connectivity index (χ2n) is 13.5. The first kappa shape index (κ1) is 33.6. The van der Waals surface area contributed by atoms with Crippen molar-refractivity contribution in [2.75, 3.05) is 0 Å². The van der Waals surface area contributed by atoms with Gasteiger partial charge in [0.1, 0.15) is 0 Å². The van der Waals surface area contributed by atoms with Gasteiger partial charge in [-0.25, -0.2) is 0 Å². The Morgan fingerprint density at radius 2 is 1.43 bits per heavy atom. The zero-order valence-electron chi connectivity index (χ0n) is 27.4. The first-order valence-electron chi connectivity index (χ1n) is 15.7. The predicted molar refractivity (Wildman–Crippen MR) is 182 cm³/mol. The number of allylic oxidation sites excluding steroid dienone is 2. The molecule has 0 aliphatic heterocycles. The number of rotatable bonds is 7. The Bertz CT molecular complexity index is 1930. The van der Waals surface area contributed by atoms with Gasteiger partial charge in [0.25, 0.3) is 0 Å². The number of pyridine rings is 2. The molecule has 0 fully saturated rings. The van der Waals surface area contributed by atoms with Gasteiger partial charge in [-0.2, -0.15) is 0 Å². The average Bonchev–Trinajstić information content (AvgIpc) is 3.27. The van der Waals surface area contributed by atoms with E-state index in [4.69, 9.17) is 4.98 Å². The molecule has 0 unspecified atom stereocenters. The molecule has 3 aromatic carbocycles. The Morgan fingerprint density at radius 1 is 0.795 bits per heavy atom. The molecule has 0 amide bonds. The second kappa shape index (κ2) is 13.4. The summed E-state index contributed by atoms with van der Waals surface area (Å²) < 4.78 is 2.38. The van der Waals surface area contributed by atoms with E-state index in [2.05, 4.69) is 127 Å². The van der Waals surface area contributed by atoms with E-state index in [9.17, 15) is 9.90 Å². The summed E-state index contributed by atoms with van der Waals surface area (Å²) in [5.41, 5.74) is 5.87. The summed E-state index contributed by atoms with van der Waals surface area (Å²) in [6.07, 6.45) is 3.39. The molecule has 44 heavy (non-hydrogen) atoms. The maximum Gasteiger partial charge on any atom is 0.162 e. The van der Waals surface area contributed by atoms with Crippen molar-refractivity contribution in [2.24, 2.45) is 35.5 Å². The van der Waals surface area contributed by atoms with Crippen LogP contribution in [0.15, 0.2) is 72.6 Å². The van der Waals surface area contributed by atoms with Crippen LogP contribution in [0.2, 0.25) is 0 Å². The Morgan fingerprint density at radius 3 is 2.07 bits per heavy atom. The molecule has 6 rings (SSSR count). The van der Waals surface area contributed by atoms with Crippen LogP contribution in [0.3, 0.4) is 0 Å². The number of carbonyl (C=O) groups is 1. The van der Waals surface area contributed by atoms with Crippen LogP contribution in [0.5, 0.6) is 0 Å². The first-order valence-corrected chi connectivity index (χ1v) is 15.7. The summed E-state index contributed by atoms with van der Waals surface area (Å²) in [4.78, 5) is 17.1. The molecular weight excluding hydrogens is 721 g/mol. The van der Waals surface area contributed by atoms with Crippen molar-refractivity contribution in [2.45, 2.75) is 62.3 Å². The Balaban J connectivity index is 0.000000204. The van der Waals surface area contributed by atoms with E-state index in [-0.39, 0.29) is 43.5 Å². The van der Waals surface area contributed by atoms with Gasteiger partial charge in [-0.3, -0.25) is 4.79 Å². The molecule has 3 heterocycles. The van der Waals surface area contributed by atoms with Crippen LogP contribution in [0.4, 0.5) is 0 Å². The summed E-state index contributed by atoms with van der Waals surface area (Å²) in [7, 11) is 0. The van der Waals surface area contributed by atoms with Crippen LogP contribution in [0.25, 0.3) is 49.0 Å². The summed E-state index contributed by atoms with van der Waals surface area (Å²) in [5, 5.41) is 16.4. The van der Waals surface area contributed by atoms with E-state index in [1.165, 1.54) is 44.2 Å². The average molecular weight is 766 g/mol. The number of aliphatic hydroxyl groups is 1. The summed E-state index contributed by atoms with van der Waals surface area (Å²) in [5.74, 6) is 1.63. The van der Waals surface area contributed by atoms with Crippen molar-refractivity contribution in [3.05, 3.63) is 84.3 Å². The minimum Gasteiger partial charge on any atom is -0.512 e. The van der Waals surface area contributed by atoms with Gasteiger partial charge in [-0.05, 0) is 57.6 Å². The van der Waals surface area contributed by atoms with Crippen LogP contribution in [0, 0.1) is 48.5 Å². The number of aromatic nitrogens is 2. The first-order chi connectivity index (χ1) is 20.4. The quantitative estimate of drug-likeness (QED) is 0.0579. The Labute approximate surface area is 275 Å². The normalized spacial score (nSPS) is 12.7. The summed E-state index contributed by atoms with van der Waals surface area (Å²) in [6, 6.07) is 23.0. The van der Waals surface area contributed by atoms with Crippen molar-refractivity contribution < 1.29 is 30.0 Å². The fraction of sp³-hybridized carbons (Fsp3) is 0.385. The molecule has 4 nitrogen and oxygen atoms in total. The summed E-state index contributed by atoms with van der Waals surface area (Å²) >= 11 is 0. The molecule has 1 N–H and O–H groups in total. The van der Waals surface area contributed by atoms with Gasteiger partial charge in [-0.1, -0.05) is 92.6 Å². The van der Waals surface area contributed by atoms with E-state index in [0.717, 1.165) is 16.5 Å². The molecule has 1 radical (unpaired) electrons. The SMILES string of the molecule is CC(C)C(C(=O)/C=C(\O)C(C(C)C)C(C)C)C(C)C.Cc1[c-]c2c3nccc4ccc5c6ccccc6n(c2cc1)c5c43.[Ir]. The number of aliphatic hydroxyl groups excluding tert-OH is 1. The number of hydrogen-bond acceptors (Lipinski definition) is 3. The molecule has 0 aliphatic carbocycles. The number of fused-ring (bicyclic) bond motifs is 6. The summed E-state index contributed by atoms with van der Waals surface area (Å²) in [6.45, 7) is 18.7. The molecule has 0 aliphatic rings. The minimum absolute atomic E-state index is 0. The standard InChI is InChI=1S/C22H13N2.C17H32O2.Ir/c1-13-6-9-19-17(12-13)21-20-14(10-11-23-21)7-8-16-15-4-2-3-5-18(15)24(19)22(16)20;1-10(2)16(11(3)4)14(18)9-15(19)17(12(5)6)13(7)8;/h2-11H,1H3;9-13,16-18H,1-8H3;/q-1;;/b;14-9-;. The van der Waals surface area contributed by atoms with Crippen molar-refractivity contribution >= 4 is 54.8 Å². The third-order valence-corrected chi connectivity index (χ3v) is 8.94. The molecule has 0 saturated heterocycles. The maximum atomic E-state index is 12.3. The number of ketones is 1. The van der Waals surface area contributed by atoms with Gasteiger partial charge in [-0.15, -0.1) is 29.1 Å². The van der Waals surface area contributed by atoms with Crippen molar-refractivity contribution in [3.8, 4) is 0 Å². The van der Waals surface area contributed by atoms with Gasteiger partial charge in [0.05, 0.1) is 5.76 Å². The Hall–Kier alpha value is -3.27. The van der Waals surface area contributed by atoms with E-state index in [1.54, 1.807) is 0 Å². The van der Waals surface area contributed by atoms with Crippen molar-refractivity contribution in [3.63, 3.8) is 0 Å². The third kappa shape index (κ3) is 6.02. The van der Waals surface area contributed by atoms with Crippen LogP contribution in [-0.4, -0.2) is 20.3 Å². The molecule has 0 atom stereocenters. The maximum absolute atomic E-state index is 12.3. The molecule has 0 spiro atoms. The number of para-hydroxylation sites is 1. The van der Waals surface area contributed by atoms with Crippen LogP contribution in [0.1, 0.15) is 61.0 Å². The van der Waals surface area contributed by atoms with E-state index < -0.39 is 0 Å². The zero-order chi connectivity index (χ0) is 31.2. The van der Waals surface area contributed by atoms with Crippen LogP contribution < -0.4 is 0 Å². The largest absolute Gasteiger partial charge is 0.512 e. The fourth-order valence-electron chi connectivity index (χ4n) is 7.33. The van der Waals surface area contributed by atoms with Crippen LogP contribution in [-0.2, 0) is 24.9 Å². The van der Waals surface area contributed by atoms with Gasteiger partial charge in [0.15, 0.2) is 5.78 Å². The van der Waals surface area contributed by atoms with E-state index in [0.29, 0.717) is 23.7 Å². The van der Waals surface area contributed by atoms with Gasteiger partial charge < -0.3 is 14.5 Å². The van der Waals surface area contributed by atoms with Gasteiger partial charge in [0, 0.05) is 66.0 Å². The van der Waals surface area contributed by atoms with Crippen LogP contribution >= 0.6 is 0 Å². The third-order valence-electron chi connectivity index (χ3n) is 8.94. The van der Waals surface area contributed by atoms with Gasteiger partial charge in [0.2, 0.25) is 0 Å². The van der Waals surface area contributed by atoms with Crippen molar-refractivity contribution in [1.29, 1.82) is 0 Å². The predicted octanol–water partition coefficient (Wildman–Crippen LogP) is 10.3. The minimum atomic E-state index is -0.0119. The van der Waals surface area contributed by atoms with E-state index in [1.807, 2.05) is 6.20 Å². The Kier molecular flexibility index (Phi) is 10.2. The molecule has 0 bridgehead atoms. The number of hydrogen-bond donors (Lipinski definition) is 1. The zero-order valence-corrected chi connectivity index (χ0v) is 29.8. The van der Waals surface area contributed by atoms with Crippen molar-refractivity contribution in [1.82, 2.24) is 9.38 Å². The van der Waals surface area contributed by atoms with E-state index >= 15 is 0 Å². The molecule has 233 valence electrons. The fourth-order valence-corrected chi connectivity index (χ4v) is 7.33. The molecule has 3 aromatic heterocycles. The number of aryl methyl sites for hydroxylation is 1. The topological polar surface area (TPSA) is 54.6 Å². The smallest absolute Gasteiger partial charge is 0.162 e.